The lowest BCUT2D eigenvalue weighted by atomic mass is 10.3. The van der Waals surface area contributed by atoms with Crippen LogP contribution < -0.4 is 5.32 Å². The Labute approximate surface area is 114 Å². The van der Waals surface area contributed by atoms with Crippen molar-refractivity contribution >= 4 is 50.7 Å². The molecule has 1 aromatic heterocycles. The van der Waals surface area contributed by atoms with E-state index in [1.807, 2.05) is 0 Å². The molecule has 88 valence electrons. The summed E-state index contributed by atoms with van der Waals surface area (Å²) in [5.74, 6) is -0.612. The molecule has 0 aliphatic rings. The van der Waals surface area contributed by atoms with Crippen molar-refractivity contribution in [2.75, 3.05) is 5.32 Å². The van der Waals surface area contributed by atoms with E-state index in [1.54, 1.807) is 12.1 Å². The molecule has 6 nitrogen and oxygen atoms in total. The summed E-state index contributed by atoms with van der Waals surface area (Å²) in [5.41, 5.74) is 0.370. The van der Waals surface area contributed by atoms with Crippen LogP contribution in [0, 0.1) is 0 Å². The Morgan fingerprint density at radius 3 is 2.76 bits per heavy atom. The van der Waals surface area contributed by atoms with E-state index in [2.05, 4.69) is 41.9 Å². The van der Waals surface area contributed by atoms with Crippen molar-refractivity contribution in [1.29, 1.82) is 0 Å². The molecular weight excluding hydrogens is 333 g/mol. The standard InChI is InChI=1S/C8H4BrCl2N5O/c9-3-1-2-4(6(11)5(3)10)12-8(17)7-13-15-16-14-7/h1-2H,(H,12,17)(H,13,14,15,16). The third-order valence-corrected chi connectivity index (χ3v) is 3.60. The largest absolute Gasteiger partial charge is 0.318 e. The fourth-order valence-corrected chi connectivity index (χ4v) is 1.88. The molecule has 0 spiro atoms. The highest BCUT2D eigenvalue weighted by Crippen LogP contribution is 2.35. The summed E-state index contributed by atoms with van der Waals surface area (Å²) in [6, 6.07) is 3.27. The van der Waals surface area contributed by atoms with Crippen LogP contribution >= 0.6 is 39.1 Å². The summed E-state index contributed by atoms with van der Waals surface area (Å²) in [6.07, 6.45) is 0. The third kappa shape index (κ3) is 2.56. The number of carbonyl (C=O) groups excluding carboxylic acids is 1. The van der Waals surface area contributed by atoms with Gasteiger partial charge in [-0.25, -0.2) is 0 Å². The second kappa shape index (κ2) is 4.99. The molecule has 9 heteroatoms. The summed E-state index contributed by atoms with van der Waals surface area (Å²) in [7, 11) is 0. The molecular formula is C8H4BrCl2N5O. The quantitative estimate of drug-likeness (QED) is 0.825. The van der Waals surface area contributed by atoms with Gasteiger partial charge in [-0.05, 0) is 33.3 Å². The van der Waals surface area contributed by atoms with Gasteiger partial charge in [0.2, 0.25) is 0 Å². The van der Waals surface area contributed by atoms with Gasteiger partial charge in [0, 0.05) is 4.47 Å². The van der Waals surface area contributed by atoms with E-state index >= 15 is 0 Å². The molecule has 2 rings (SSSR count). The Morgan fingerprint density at radius 2 is 2.12 bits per heavy atom. The van der Waals surface area contributed by atoms with E-state index in [4.69, 9.17) is 23.2 Å². The molecule has 0 atom stereocenters. The fourth-order valence-electron chi connectivity index (χ4n) is 1.06. The number of aromatic amines is 1. The van der Waals surface area contributed by atoms with Gasteiger partial charge in [0.05, 0.1) is 15.7 Å². The highest BCUT2D eigenvalue weighted by atomic mass is 79.9. The minimum atomic E-state index is -0.529. The lowest BCUT2D eigenvalue weighted by Crippen LogP contribution is -2.14. The first-order valence-electron chi connectivity index (χ1n) is 4.28. The first-order chi connectivity index (χ1) is 8.09. The monoisotopic (exact) mass is 335 g/mol. The van der Waals surface area contributed by atoms with Crippen LogP contribution in [0.3, 0.4) is 0 Å². The first-order valence-corrected chi connectivity index (χ1v) is 5.83. The zero-order valence-corrected chi connectivity index (χ0v) is 11.1. The van der Waals surface area contributed by atoms with Crippen LogP contribution in [0.25, 0.3) is 0 Å². The molecule has 2 aromatic rings. The maximum absolute atomic E-state index is 11.6. The molecule has 1 amide bonds. The topological polar surface area (TPSA) is 83.6 Å². The number of nitrogens with one attached hydrogen (secondary N) is 2. The molecule has 0 saturated carbocycles. The molecule has 0 saturated heterocycles. The molecule has 0 radical (unpaired) electrons. The predicted octanol–water partition coefficient (Wildman–Crippen LogP) is 2.52. The summed E-state index contributed by atoms with van der Waals surface area (Å²) in [6.45, 7) is 0. The van der Waals surface area contributed by atoms with Crippen LogP contribution in [0.15, 0.2) is 16.6 Å². The van der Waals surface area contributed by atoms with Crippen LogP contribution in [0.4, 0.5) is 5.69 Å². The van der Waals surface area contributed by atoms with Crippen LogP contribution in [0.1, 0.15) is 10.6 Å². The number of hydrogen-bond acceptors (Lipinski definition) is 4. The maximum Gasteiger partial charge on any atom is 0.297 e. The van der Waals surface area contributed by atoms with Gasteiger partial charge in [-0.2, -0.15) is 5.21 Å². The van der Waals surface area contributed by atoms with Gasteiger partial charge < -0.3 is 5.32 Å². The molecule has 0 unspecified atom stereocenters. The molecule has 2 N–H and O–H groups in total. The van der Waals surface area contributed by atoms with Crippen molar-refractivity contribution in [3.05, 3.63) is 32.5 Å². The van der Waals surface area contributed by atoms with Crippen molar-refractivity contribution in [1.82, 2.24) is 20.6 Å². The van der Waals surface area contributed by atoms with E-state index < -0.39 is 5.91 Å². The molecule has 1 heterocycles. The highest BCUT2D eigenvalue weighted by Gasteiger charge is 2.14. The molecule has 0 fully saturated rings. The average Bonchev–Trinajstić information content (AvgIpc) is 2.83. The number of aromatic nitrogens is 4. The van der Waals surface area contributed by atoms with E-state index in [0.29, 0.717) is 15.2 Å². The van der Waals surface area contributed by atoms with Crippen LogP contribution in [0.2, 0.25) is 10.0 Å². The van der Waals surface area contributed by atoms with Gasteiger partial charge in [-0.3, -0.25) is 4.79 Å². The van der Waals surface area contributed by atoms with E-state index in [0.717, 1.165) is 0 Å². The molecule has 0 aliphatic carbocycles. The number of carbonyl (C=O) groups is 1. The average molecular weight is 337 g/mol. The SMILES string of the molecule is O=C(Nc1ccc(Br)c(Cl)c1Cl)c1nn[nH]n1. The summed E-state index contributed by atoms with van der Waals surface area (Å²) in [5, 5.41) is 15.6. The lowest BCUT2D eigenvalue weighted by Gasteiger charge is -2.07. The number of H-pyrrole nitrogens is 1. The van der Waals surface area contributed by atoms with Crippen LogP contribution in [-0.2, 0) is 0 Å². The van der Waals surface area contributed by atoms with Gasteiger partial charge >= 0.3 is 0 Å². The van der Waals surface area contributed by atoms with E-state index in [1.165, 1.54) is 0 Å². The lowest BCUT2D eigenvalue weighted by molar-refractivity contribution is 0.101. The second-order valence-corrected chi connectivity index (χ2v) is 4.52. The first kappa shape index (κ1) is 12.3. The second-order valence-electron chi connectivity index (χ2n) is 2.91. The Hall–Kier alpha value is -1.18. The molecule has 17 heavy (non-hydrogen) atoms. The van der Waals surface area contributed by atoms with Gasteiger partial charge in [0.15, 0.2) is 0 Å². The smallest absolute Gasteiger partial charge is 0.297 e. The number of amides is 1. The van der Waals surface area contributed by atoms with Gasteiger partial charge in [0.1, 0.15) is 0 Å². The minimum Gasteiger partial charge on any atom is -0.318 e. The van der Waals surface area contributed by atoms with Gasteiger partial charge in [-0.15, -0.1) is 10.2 Å². The van der Waals surface area contributed by atoms with Crippen molar-refractivity contribution < 1.29 is 4.79 Å². The maximum atomic E-state index is 11.6. The highest BCUT2D eigenvalue weighted by molar-refractivity contribution is 9.10. The number of halogens is 3. The van der Waals surface area contributed by atoms with Crippen LogP contribution in [0.5, 0.6) is 0 Å². The zero-order chi connectivity index (χ0) is 12.4. The van der Waals surface area contributed by atoms with Crippen molar-refractivity contribution in [2.24, 2.45) is 0 Å². The predicted molar refractivity (Wildman–Crippen MR) is 66.3 cm³/mol. The number of benzene rings is 1. The van der Waals surface area contributed by atoms with E-state index in [9.17, 15) is 4.79 Å². The van der Waals surface area contributed by atoms with E-state index in [-0.39, 0.29) is 10.8 Å². The summed E-state index contributed by atoms with van der Waals surface area (Å²) < 4.78 is 0.640. The molecule has 1 aromatic carbocycles. The third-order valence-electron chi connectivity index (χ3n) is 1.83. The van der Waals surface area contributed by atoms with Gasteiger partial charge in [0.25, 0.3) is 11.7 Å². The zero-order valence-electron chi connectivity index (χ0n) is 8.04. The Balaban J connectivity index is 2.25. The number of nitrogens with zero attached hydrogens (tertiary/aromatic N) is 3. The van der Waals surface area contributed by atoms with Crippen molar-refractivity contribution in [3.8, 4) is 0 Å². The number of rotatable bonds is 2. The molecule has 0 aliphatic heterocycles. The Morgan fingerprint density at radius 1 is 1.35 bits per heavy atom. The van der Waals surface area contributed by atoms with Crippen LogP contribution in [-0.4, -0.2) is 26.5 Å². The van der Waals surface area contributed by atoms with Crippen molar-refractivity contribution in [2.45, 2.75) is 0 Å². The normalized spacial score (nSPS) is 10.3. The minimum absolute atomic E-state index is 0.0832. The number of hydrogen-bond donors (Lipinski definition) is 2. The number of anilines is 1. The van der Waals surface area contributed by atoms with Crippen molar-refractivity contribution in [3.63, 3.8) is 0 Å². The Kier molecular flexibility index (Phi) is 3.60. The summed E-state index contributed by atoms with van der Waals surface area (Å²) in [4.78, 5) is 11.6. The Bertz CT molecular complexity index is 559. The molecule has 0 bridgehead atoms. The summed E-state index contributed by atoms with van der Waals surface area (Å²) >= 11 is 15.1. The fraction of sp³-hybridized carbons (Fsp3) is 0. The van der Waals surface area contributed by atoms with Gasteiger partial charge in [-0.1, -0.05) is 23.2 Å². The number of tetrazole rings is 1.